The van der Waals surface area contributed by atoms with Crippen LogP contribution in [0, 0.1) is 12.7 Å². The average molecular weight is 269 g/mol. The molecule has 100 valence electrons. The first-order chi connectivity index (χ1) is 9.70. The zero-order valence-electron chi connectivity index (χ0n) is 10.8. The van der Waals surface area contributed by atoms with E-state index in [2.05, 4.69) is 20.4 Å². The number of rotatable bonds is 3. The van der Waals surface area contributed by atoms with Gasteiger partial charge in [0.25, 0.3) is 0 Å². The van der Waals surface area contributed by atoms with E-state index in [1.807, 2.05) is 6.07 Å². The van der Waals surface area contributed by atoms with Crippen LogP contribution < -0.4 is 5.32 Å². The van der Waals surface area contributed by atoms with Gasteiger partial charge in [0.1, 0.15) is 17.5 Å². The van der Waals surface area contributed by atoms with Crippen molar-refractivity contribution in [1.82, 2.24) is 19.7 Å². The first-order valence-corrected chi connectivity index (χ1v) is 6.09. The summed E-state index contributed by atoms with van der Waals surface area (Å²) in [6.45, 7) is 1.80. The van der Waals surface area contributed by atoms with Gasteiger partial charge in [0.15, 0.2) is 5.82 Å². The van der Waals surface area contributed by atoms with E-state index in [-0.39, 0.29) is 5.82 Å². The topological polar surface area (TPSA) is 55.6 Å². The van der Waals surface area contributed by atoms with Gasteiger partial charge in [-0.15, -0.1) is 0 Å². The summed E-state index contributed by atoms with van der Waals surface area (Å²) in [4.78, 5) is 8.59. The lowest BCUT2D eigenvalue weighted by atomic mass is 10.3. The zero-order chi connectivity index (χ0) is 13.9. The molecule has 0 radical (unpaired) electrons. The van der Waals surface area contributed by atoms with Gasteiger partial charge in [-0.3, -0.25) is 0 Å². The maximum Gasteiger partial charge on any atom is 0.159 e. The summed E-state index contributed by atoms with van der Waals surface area (Å²) in [7, 11) is 0. The summed E-state index contributed by atoms with van der Waals surface area (Å²) in [5.74, 6) is 1.56. The van der Waals surface area contributed by atoms with E-state index in [9.17, 15) is 4.39 Å². The predicted molar refractivity (Wildman–Crippen MR) is 73.6 cm³/mol. The van der Waals surface area contributed by atoms with Crippen LogP contribution in [0.3, 0.4) is 0 Å². The fourth-order valence-electron chi connectivity index (χ4n) is 1.85. The van der Waals surface area contributed by atoms with Crippen LogP contribution in [0.2, 0.25) is 0 Å². The van der Waals surface area contributed by atoms with Crippen molar-refractivity contribution in [2.75, 3.05) is 5.32 Å². The molecule has 5 nitrogen and oxygen atoms in total. The van der Waals surface area contributed by atoms with Gasteiger partial charge in [0, 0.05) is 24.1 Å². The molecule has 20 heavy (non-hydrogen) atoms. The van der Waals surface area contributed by atoms with Crippen LogP contribution in [0.4, 0.5) is 15.9 Å². The molecule has 0 fully saturated rings. The van der Waals surface area contributed by atoms with Crippen LogP contribution in [0.1, 0.15) is 5.82 Å². The molecule has 2 heterocycles. The Labute approximate surface area is 115 Å². The van der Waals surface area contributed by atoms with E-state index in [1.54, 1.807) is 42.2 Å². The number of benzene rings is 1. The minimum Gasteiger partial charge on any atom is -0.340 e. The fraction of sp³-hybridized carbons (Fsp3) is 0.0714. The summed E-state index contributed by atoms with van der Waals surface area (Å²) in [5, 5.41) is 7.18. The maximum atomic E-state index is 13.2. The van der Waals surface area contributed by atoms with Gasteiger partial charge in [-0.25, -0.2) is 19.0 Å². The minimum atomic E-state index is -0.298. The molecule has 0 aliphatic rings. The molecule has 0 bridgehead atoms. The number of anilines is 2. The highest BCUT2D eigenvalue weighted by molar-refractivity contribution is 5.57. The molecule has 2 aromatic heterocycles. The number of hydrogen-bond donors (Lipinski definition) is 1. The van der Waals surface area contributed by atoms with Crippen molar-refractivity contribution in [2.45, 2.75) is 6.92 Å². The third kappa shape index (κ3) is 2.64. The SMILES string of the molecule is Cc1nc(Nc2cccc(F)c2)cc(-n2cccn2)n1. The molecular formula is C14H12FN5. The first kappa shape index (κ1) is 12.3. The molecule has 0 unspecified atom stereocenters. The second-order valence-electron chi connectivity index (χ2n) is 4.24. The standard InChI is InChI=1S/C14H12FN5/c1-10-17-13(19-12-5-2-4-11(15)8-12)9-14(18-10)20-7-3-6-16-20/h2-9H,1H3,(H,17,18,19). The summed E-state index contributed by atoms with van der Waals surface area (Å²) in [6.07, 6.45) is 3.48. The lowest BCUT2D eigenvalue weighted by molar-refractivity contribution is 0.628. The highest BCUT2D eigenvalue weighted by Crippen LogP contribution is 2.17. The van der Waals surface area contributed by atoms with E-state index in [1.165, 1.54) is 12.1 Å². The molecule has 0 atom stereocenters. The molecule has 3 aromatic rings. The Bertz CT molecular complexity index is 724. The van der Waals surface area contributed by atoms with Crippen LogP contribution in [-0.2, 0) is 0 Å². The normalized spacial score (nSPS) is 10.5. The van der Waals surface area contributed by atoms with Gasteiger partial charge in [-0.05, 0) is 31.2 Å². The highest BCUT2D eigenvalue weighted by Gasteiger charge is 2.05. The quantitative estimate of drug-likeness (QED) is 0.794. The number of aromatic nitrogens is 4. The van der Waals surface area contributed by atoms with E-state index < -0.39 is 0 Å². The lowest BCUT2D eigenvalue weighted by Crippen LogP contribution is -2.04. The Kier molecular flexibility index (Phi) is 3.12. The second kappa shape index (κ2) is 5.08. The third-order valence-electron chi connectivity index (χ3n) is 2.66. The molecule has 3 rings (SSSR count). The predicted octanol–water partition coefficient (Wildman–Crippen LogP) is 2.85. The van der Waals surface area contributed by atoms with Crippen molar-refractivity contribution in [3.63, 3.8) is 0 Å². The van der Waals surface area contributed by atoms with Gasteiger partial charge in [0.05, 0.1) is 0 Å². The van der Waals surface area contributed by atoms with Crippen molar-refractivity contribution >= 4 is 11.5 Å². The molecule has 0 spiro atoms. The molecule has 0 saturated carbocycles. The average Bonchev–Trinajstić information content (AvgIpc) is 2.91. The molecule has 1 N–H and O–H groups in total. The highest BCUT2D eigenvalue weighted by atomic mass is 19.1. The van der Waals surface area contributed by atoms with E-state index in [4.69, 9.17) is 0 Å². The van der Waals surface area contributed by atoms with E-state index >= 15 is 0 Å². The summed E-state index contributed by atoms with van der Waals surface area (Å²) in [5.41, 5.74) is 0.634. The number of hydrogen-bond acceptors (Lipinski definition) is 4. The fourth-order valence-corrected chi connectivity index (χ4v) is 1.85. The second-order valence-corrected chi connectivity index (χ2v) is 4.24. The largest absolute Gasteiger partial charge is 0.340 e. The first-order valence-electron chi connectivity index (χ1n) is 6.09. The molecule has 0 aliphatic heterocycles. The Balaban J connectivity index is 1.94. The molecule has 0 aliphatic carbocycles. The smallest absolute Gasteiger partial charge is 0.159 e. The number of nitrogens with one attached hydrogen (secondary N) is 1. The van der Waals surface area contributed by atoms with E-state index in [0.717, 1.165) is 0 Å². The van der Waals surface area contributed by atoms with Crippen molar-refractivity contribution in [3.8, 4) is 5.82 Å². The molecule has 1 aromatic carbocycles. The Hall–Kier alpha value is -2.76. The van der Waals surface area contributed by atoms with Crippen LogP contribution in [-0.4, -0.2) is 19.7 Å². The van der Waals surface area contributed by atoms with Gasteiger partial charge in [0.2, 0.25) is 0 Å². The lowest BCUT2D eigenvalue weighted by Gasteiger charge is -2.08. The van der Waals surface area contributed by atoms with Crippen LogP contribution in [0.25, 0.3) is 5.82 Å². The summed E-state index contributed by atoms with van der Waals surface area (Å²) < 4.78 is 14.8. The van der Waals surface area contributed by atoms with Gasteiger partial charge < -0.3 is 5.32 Å². The Morgan fingerprint density at radius 3 is 2.80 bits per heavy atom. The van der Waals surface area contributed by atoms with Crippen LogP contribution >= 0.6 is 0 Å². The van der Waals surface area contributed by atoms with Crippen molar-refractivity contribution in [3.05, 3.63) is 60.4 Å². The summed E-state index contributed by atoms with van der Waals surface area (Å²) >= 11 is 0. The van der Waals surface area contributed by atoms with Crippen molar-refractivity contribution < 1.29 is 4.39 Å². The van der Waals surface area contributed by atoms with Crippen molar-refractivity contribution in [1.29, 1.82) is 0 Å². The minimum absolute atomic E-state index is 0.298. The molecule has 0 amide bonds. The third-order valence-corrected chi connectivity index (χ3v) is 2.66. The van der Waals surface area contributed by atoms with E-state index in [0.29, 0.717) is 23.1 Å². The number of nitrogens with zero attached hydrogens (tertiary/aromatic N) is 4. The Morgan fingerprint density at radius 2 is 2.05 bits per heavy atom. The molecular weight excluding hydrogens is 257 g/mol. The summed E-state index contributed by atoms with van der Waals surface area (Å²) in [6, 6.07) is 9.78. The molecule has 6 heteroatoms. The van der Waals surface area contributed by atoms with Crippen LogP contribution in [0.15, 0.2) is 48.8 Å². The number of halogens is 1. The van der Waals surface area contributed by atoms with Crippen LogP contribution in [0.5, 0.6) is 0 Å². The van der Waals surface area contributed by atoms with Gasteiger partial charge in [-0.1, -0.05) is 6.07 Å². The zero-order valence-corrected chi connectivity index (χ0v) is 10.8. The van der Waals surface area contributed by atoms with Gasteiger partial charge in [-0.2, -0.15) is 5.10 Å². The maximum absolute atomic E-state index is 13.2. The number of aryl methyl sites for hydroxylation is 1. The van der Waals surface area contributed by atoms with Crippen molar-refractivity contribution in [2.24, 2.45) is 0 Å². The Morgan fingerprint density at radius 1 is 1.15 bits per heavy atom. The van der Waals surface area contributed by atoms with Gasteiger partial charge >= 0.3 is 0 Å². The molecule has 0 saturated heterocycles. The monoisotopic (exact) mass is 269 g/mol.